The first-order valence-electron chi connectivity index (χ1n) is 7.35. The molecule has 0 radical (unpaired) electrons. The highest BCUT2D eigenvalue weighted by atomic mass is 16.5. The Morgan fingerprint density at radius 1 is 0.800 bits per heavy atom. The van der Waals surface area contributed by atoms with Gasteiger partial charge >= 0.3 is 0 Å². The van der Waals surface area contributed by atoms with E-state index in [4.69, 9.17) is 4.74 Å². The lowest BCUT2D eigenvalue weighted by atomic mass is 10.1. The number of hydrogen-bond donors (Lipinski definition) is 1. The summed E-state index contributed by atoms with van der Waals surface area (Å²) in [7, 11) is 2.01. The first kappa shape index (κ1) is 14.6. The van der Waals surface area contributed by atoms with Crippen LogP contribution in [0.15, 0.2) is 54.6 Å². The Hall–Kier alpha value is -1.80. The zero-order valence-electron chi connectivity index (χ0n) is 12.1. The Labute approximate surface area is 121 Å². The highest BCUT2D eigenvalue weighted by Gasteiger charge is 1.98. The van der Waals surface area contributed by atoms with Gasteiger partial charge < -0.3 is 10.1 Å². The smallest absolute Gasteiger partial charge is 0.127 e. The van der Waals surface area contributed by atoms with Crippen molar-refractivity contribution in [3.63, 3.8) is 0 Å². The molecule has 0 aliphatic carbocycles. The van der Waals surface area contributed by atoms with Crippen LogP contribution in [0.1, 0.15) is 24.8 Å². The molecule has 2 aromatic rings. The van der Waals surface area contributed by atoms with Gasteiger partial charge in [0.25, 0.3) is 0 Å². The molecular formula is C18H23NO. The molecule has 0 saturated heterocycles. The zero-order chi connectivity index (χ0) is 14.0. The molecule has 20 heavy (non-hydrogen) atoms. The van der Waals surface area contributed by atoms with Gasteiger partial charge in [0.2, 0.25) is 0 Å². The number of unbranched alkanes of at least 4 members (excludes halogenated alkanes) is 2. The van der Waals surface area contributed by atoms with Gasteiger partial charge in [0, 0.05) is 0 Å². The van der Waals surface area contributed by atoms with Crippen molar-refractivity contribution in [3.05, 3.63) is 60.2 Å². The minimum Gasteiger partial charge on any atom is -0.457 e. The molecule has 0 amide bonds. The van der Waals surface area contributed by atoms with Gasteiger partial charge in [-0.2, -0.15) is 0 Å². The third kappa shape index (κ3) is 5.06. The van der Waals surface area contributed by atoms with Crippen molar-refractivity contribution in [3.8, 4) is 11.5 Å². The summed E-state index contributed by atoms with van der Waals surface area (Å²) in [6.07, 6.45) is 4.94. The Bertz CT molecular complexity index is 479. The van der Waals surface area contributed by atoms with Crippen LogP contribution >= 0.6 is 0 Å². The summed E-state index contributed by atoms with van der Waals surface area (Å²) in [5, 5.41) is 3.18. The number of para-hydroxylation sites is 1. The minimum absolute atomic E-state index is 0.882. The highest BCUT2D eigenvalue weighted by Crippen LogP contribution is 2.21. The predicted octanol–water partition coefficient (Wildman–Crippen LogP) is 4.41. The SMILES string of the molecule is CNCCCCCc1ccc(Oc2ccccc2)cc1. The van der Waals surface area contributed by atoms with E-state index in [0.717, 1.165) is 24.5 Å². The molecule has 0 saturated carbocycles. The summed E-state index contributed by atoms with van der Waals surface area (Å²) >= 11 is 0. The van der Waals surface area contributed by atoms with Gasteiger partial charge in [0.05, 0.1) is 0 Å². The van der Waals surface area contributed by atoms with Crippen molar-refractivity contribution in [2.45, 2.75) is 25.7 Å². The molecule has 106 valence electrons. The maximum atomic E-state index is 5.78. The Kier molecular flexibility index (Phi) is 6.12. The van der Waals surface area contributed by atoms with Crippen LogP contribution < -0.4 is 10.1 Å². The van der Waals surface area contributed by atoms with Crippen molar-refractivity contribution in [2.24, 2.45) is 0 Å². The van der Waals surface area contributed by atoms with Gasteiger partial charge in [0.1, 0.15) is 11.5 Å². The van der Waals surface area contributed by atoms with E-state index in [1.807, 2.05) is 37.4 Å². The first-order chi connectivity index (χ1) is 9.88. The largest absolute Gasteiger partial charge is 0.457 e. The number of aryl methyl sites for hydroxylation is 1. The second kappa shape index (κ2) is 8.39. The Balaban J connectivity index is 1.78. The van der Waals surface area contributed by atoms with Crippen LogP contribution in [0.4, 0.5) is 0 Å². The standard InChI is InChI=1S/C18H23NO/c1-19-15-7-3-4-8-16-11-13-18(14-12-16)20-17-9-5-2-6-10-17/h2,5-6,9-14,19H,3-4,7-8,15H2,1H3. The molecule has 0 fully saturated rings. The number of rotatable bonds is 8. The van der Waals surface area contributed by atoms with E-state index in [1.165, 1.54) is 24.8 Å². The maximum absolute atomic E-state index is 5.78. The average Bonchev–Trinajstić information content (AvgIpc) is 2.50. The molecule has 0 aliphatic heterocycles. The normalized spacial score (nSPS) is 10.4. The van der Waals surface area contributed by atoms with E-state index in [2.05, 4.69) is 29.6 Å². The lowest BCUT2D eigenvalue weighted by Gasteiger charge is -2.07. The van der Waals surface area contributed by atoms with Crippen LogP contribution in [-0.2, 0) is 6.42 Å². The second-order valence-electron chi connectivity index (χ2n) is 4.97. The monoisotopic (exact) mass is 269 g/mol. The van der Waals surface area contributed by atoms with E-state index >= 15 is 0 Å². The molecule has 0 aliphatic rings. The van der Waals surface area contributed by atoms with Crippen LogP contribution in [0.5, 0.6) is 11.5 Å². The van der Waals surface area contributed by atoms with Crippen molar-refractivity contribution < 1.29 is 4.74 Å². The van der Waals surface area contributed by atoms with E-state index < -0.39 is 0 Å². The number of nitrogens with one attached hydrogen (secondary N) is 1. The fourth-order valence-electron chi connectivity index (χ4n) is 2.16. The van der Waals surface area contributed by atoms with Gasteiger partial charge in [-0.05, 0) is 62.7 Å². The second-order valence-corrected chi connectivity index (χ2v) is 4.97. The van der Waals surface area contributed by atoms with Crippen molar-refractivity contribution in [1.82, 2.24) is 5.32 Å². The van der Waals surface area contributed by atoms with Crippen LogP contribution in [0.25, 0.3) is 0 Å². The number of ether oxygens (including phenoxy) is 1. The van der Waals surface area contributed by atoms with Crippen molar-refractivity contribution in [1.29, 1.82) is 0 Å². The van der Waals surface area contributed by atoms with Gasteiger partial charge in [-0.25, -0.2) is 0 Å². The third-order valence-electron chi connectivity index (χ3n) is 3.29. The van der Waals surface area contributed by atoms with Gasteiger partial charge in [0.15, 0.2) is 0 Å². The molecule has 0 bridgehead atoms. The summed E-state index contributed by atoms with van der Waals surface area (Å²) < 4.78 is 5.78. The molecule has 1 N–H and O–H groups in total. The van der Waals surface area contributed by atoms with Crippen molar-refractivity contribution in [2.75, 3.05) is 13.6 Å². The van der Waals surface area contributed by atoms with E-state index in [-0.39, 0.29) is 0 Å². The van der Waals surface area contributed by atoms with Crippen LogP contribution in [0.2, 0.25) is 0 Å². The van der Waals surface area contributed by atoms with Crippen LogP contribution in [0.3, 0.4) is 0 Å². The Morgan fingerprint density at radius 2 is 1.50 bits per heavy atom. The first-order valence-corrected chi connectivity index (χ1v) is 7.35. The third-order valence-corrected chi connectivity index (χ3v) is 3.29. The number of hydrogen-bond acceptors (Lipinski definition) is 2. The molecule has 0 unspecified atom stereocenters. The van der Waals surface area contributed by atoms with Crippen LogP contribution in [0, 0.1) is 0 Å². The summed E-state index contributed by atoms with van der Waals surface area (Å²) in [6.45, 7) is 1.11. The molecule has 0 spiro atoms. The fourth-order valence-corrected chi connectivity index (χ4v) is 2.16. The molecule has 2 nitrogen and oxygen atoms in total. The summed E-state index contributed by atoms with van der Waals surface area (Å²) in [5.41, 5.74) is 1.38. The molecular weight excluding hydrogens is 246 g/mol. The van der Waals surface area contributed by atoms with E-state index in [0.29, 0.717) is 0 Å². The van der Waals surface area contributed by atoms with Gasteiger partial charge in [-0.3, -0.25) is 0 Å². The quantitative estimate of drug-likeness (QED) is 0.717. The Morgan fingerprint density at radius 3 is 2.20 bits per heavy atom. The average molecular weight is 269 g/mol. The van der Waals surface area contributed by atoms with Gasteiger partial charge in [-0.1, -0.05) is 36.8 Å². The summed E-state index contributed by atoms with van der Waals surface area (Å²) in [6, 6.07) is 18.3. The summed E-state index contributed by atoms with van der Waals surface area (Å²) in [5.74, 6) is 1.78. The van der Waals surface area contributed by atoms with E-state index in [1.54, 1.807) is 0 Å². The molecule has 2 heteroatoms. The van der Waals surface area contributed by atoms with E-state index in [9.17, 15) is 0 Å². The summed E-state index contributed by atoms with van der Waals surface area (Å²) in [4.78, 5) is 0. The molecule has 0 atom stereocenters. The fraction of sp³-hybridized carbons (Fsp3) is 0.333. The highest BCUT2D eigenvalue weighted by molar-refractivity contribution is 5.32. The van der Waals surface area contributed by atoms with Crippen molar-refractivity contribution >= 4 is 0 Å². The predicted molar refractivity (Wildman–Crippen MR) is 84.4 cm³/mol. The molecule has 2 rings (SSSR count). The number of benzene rings is 2. The topological polar surface area (TPSA) is 21.3 Å². The maximum Gasteiger partial charge on any atom is 0.127 e. The molecule has 0 heterocycles. The molecule has 2 aromatic carbocycles. The molecule has 0 aromatic heterocycles. The zero-order valence-corrected chi connectivity index (χ0v) is 12.1. The minimum atomic E-state index is 0.882. The van der Waals surface area contributed by atoms with Gasteiger partial charge in [-0.15, -0.1) is 0 Å². The lowest BCUT2D eigenvalue weighted by molar-refractivity contribution is 0.482. The van der Waals surface area contributed by atoms with Crippen LogP contribution in [-0.4, -0.2) is 13.6 Å². The lowest BCUT2D eigenvalue weighted by Crippen LogP contribution is -2.07.